The summed E-state index contributed by atoms with van der Waals surface area (Å²) in [4.78, 5) is 0. The molecule has 0 aromatic rings. The second kappa shape index (κ2) is 5.72. The summed E-state index contributed by atoms with van der Waals surface area (Å²) in [6.45, 7) is 7.80. The Morgan fingerprint density at radius 3 is 2.61 bits per heavy atom. The highest BCUT2D eigenvalue weighted by Crippen LogP contribution is 2.41. The normalized spacial score (nSPS) is 30.3. The minimum atomic E-state index is 0.184. The minimum absolute atomic E-state index is 0.184. The van der Waals surface area contributed by atoms with Crippen LogP contribution in [0.5, 0.6) is 0 Å². The Balaban J connectivity index is 1.93. The summed E-state index contributed by atoms with van der Waals surface area (Å²) in [5, 5.41) is 0. The van der Waals surface area contributed by atoms with Crippen molar-refractivity contribution in [3.63, 3.8) is 0 Å². The van der Waals surface area contributed by atoms with E-state index in [2.05, 4.69) is 32.5 Å². The molecule has 2 rings (SSSR count). The highest BCUT2D eigenvalue weighted by atomic mass is 32.2. The average molecular weight is 271 g/mol. The number of ether oxygens (including phenoxy) is 1. The predicted molar refractivity (Wildman–Crippen MR) is 80.0 cm³/mol. The third kappa shape index (κ3) is 3.88. The first-order chi connectivity index (χ1) is 8.40. The van der Waals surface area contributed by atoms with Crippen LogP contribution in [-0.4, -0.2) is 29.8 Å². The smallest absolute Gasteiger partial charge is 0.0701 e. The number of nitrogens with two attached hydrogens (primary N) is 1. The van der Waals surface area contributed by atoms with Gasteiger partial charge in [-0.3, -0.25) is 0 Å². The van der Waals surface area contributed by atoms with Gasteiger partial charge in [0.05, 0.1) is 5.60 Å². The Hall–Kier alpha value is 0.270. The van der Waals surface area contributed by atoms with Gasteiger partial charge in [-0.2, -0.15) is 11.8 Å². The van der Waals surface area contributed by atoms with Gasteiger partial charge in [0, 0.05) is 12.6 Å². The maximum Gasteiger partial charge on any atom is 0.0701 e. The quantitative estimate of drug-likeness (QED) is 0.835. The zero-order chi connectivity index (χ0) is 13.2. The summed E-state index contributed by atoms with van der Waals surface area (Å²) in [6.07, 6.45) is 5.95. The molecular weight excluding hydrogens is 242 g/mol. The van der Waals surface area contributed by atoms with Crippen molar-refractivity contribution < 1.29 is 4.74 Å². The molecule has 0 radical (unpaired) electrons. The lowest BCUT2D eigenvalue weighted by Crippen LogP contribution is -2.47. The lowest BCUT2D eigenvalue weighted by atomic mass is 9.75. The van der Waals surface area contributed by atoms with E-state index in [1.807, 2.05) is 0 Å². The molecule has 3 heteroatoms. The Kier molecular flexibility index (Phi) is 4.66. The maximum absolute atomic E-state index is 6.46. The molecule has 106 valence electrons. The molecule has 2 saturated heterocycles. The van der Waals surface area contributed by atoms with E-state index in [0.717, 1.165) is 19.4 Å². The minimum Gasteiger partial charge on any atom is -0.375 e. The second-order valence-electron chi connectivity index (χ2n) is 7.33. The third-order valence-electron chi connectivity index (χ3n) is 4.39. The van der Waals surface area contributed by atoms with Gasteiger partial charge in [-0.05, 0) is 54.9 Å². The van der Waals surface area contributed by atoms with Crippen LogP contribution in [-0.2, 0) is 4.74 Å². The number of hydrogen-bond donors (Lipinski definition) is 1. The van der Waals surface area contributed by atoms with Crippen molar-refractivity contribution >= 4 is 11.8 Å². The molecule has 18 heavy (non-hydrogen) atoms. The van der Waals surface area contributed by atoms with E-state index in [-0.39, 0.29) is 5.60 Å². The lowest BCUT2D eigenvalue weighted by Gasteiger charge is -2.45. The highest BCUT2D eigenvalue weighted by Gasteiger charge is 2.40. The summed E-state index contributed by atoms with van der Waals surface area (Å²) in [7, 11) is 0. The van der Waals surface area contributed by atoms with Crippen LogP contribution < -0.4 is 5.73 Å². The molecule has 2 N–H and O–H groups in total. The number of hydrogen-bond acceptors (Lipinski definition) is 3. The van der Waals surface area contributed by atoms with Gasteiger partial charge in [-0.1, -0.05) is 20.8 Å². The van der Waals surface area contributed by atoms with Crippen LogP contribution in [0, 0.1) is 11.3 Å². The van der Waals surface area contributed by atoms with Gasteiger partial charge < -0.3 is 10.5 Å². The Labute approximate surface area is 116 Å². The monoisotopic (exact) mass is 271 g/mol. The first kappa shape index (κ1) is 14.7. The van der Waals surface area contributed by atoms with E-state index < -0.39 is 0 Å². The molecule has 1 spiro atoms. The van der Waals surface area contributed by atoms with E-state index in [1.54, 1.807) is 0 Å². The number of rotatable bonds is 2. The van der Waals surface area contributed by atoms with Gasteiger partial charge in [0.2, 0.25) is 0 Å². The molecule has 2 nitrogen and oxygen atoms in total. The van der Waals surface area contributed by atoms with E-state index in [4.69, 9.17) is 10.5 Å². The second-order valence-corrected chi connectivity index (χ2v) is 8.55. The fourth-order valence-electron chi connectivity index (χ4n) is 3.40. The van der Waals surface area contributed by atoms with Crippen LogP contribution in [0.3, 0.4) is 0 Å². The van der Waals surface area contributed by atoms with Gasteiger partial charge in [-0.15, -0.1) is 0 Å². The largest absolute Gasteiger partial charge is 0.375 e. The van der Waals surface area contributed by atoms with Crippen molar-refractivity contribution in [2.45, 2.75) is 64.5 Å². The van der Waals surface area contributed by atoms with E-state index in [0.29, 0.717) is 17.4 Å². The van der Waals surface area contributed by atoms with Crippen LogP contribution in [0.25, 0.3) is 0 Å². The summed E-state index contributed by atoms with van der Waals surface area (Å²) in [5.41, 5.74) is 6.99. The van der Waals surface area contributed by atoms with Crippen molar-refractivity contribution in [2.24, 2.45) is 17.1 Å². The number of thioether (sulfide) groups is 1. The van der Waals surface area contributed by atoms with Crippen molar-refractivity contribution in [2.75, 3.05) is 18.1 Å². The maximum atomic E-state index is 6.46. The van der Waals surface area contributed by atoms with Gasteiger partial charge >= 0.3 is 0 Å². The zero-order valence-electron chi connectivity index (χ0n) is 12.2. The lowest BCUT2D eigenvalue weighted by molar-refractivity contribution is -0.106. The standard InChI is InChI=1S/C15H29NOS/c1-14(2,3)11-13(16)12-4-7-17-15(10-12)5-8-18-9-6-15/h12-13H,4-11,16H2,1-3H3. The Morgan fingerprint density at radius 1 is 1.33 bits per heavy atom. The summed E-state index contributed by atoms with van der Waals surface area (Å²) in [6, 6.07) is 0.348. The molecular formula is C15H29NOS. The molecule has 0 aromatic carbocycles. The molecule has 0 aromatic heterocycles. The fraction of sp³-hybridized carbons (Fsp3) is 1.00. The van der Waals surface area contributed by atoms with Crippen LogP contribution >= 0.6 is 11.8 Å². The average Bonchev–Trinajstić information content (AvgIpc) is 2.28. The fourth-order valence-corrected chi connectivity index (χ4v) is 4.63. The summed E-state index contributed by atoms with van der Waals surface area (Å²) >= 11 is 2.07. The third-order valence-corrected chi connectivity index (χ3v) is 5.37. The molecule has 2 fully saturated rings. The van der Waals surface area contributed by atoms with Crippen molar-refractivity contribution in [3.8, 4) is 0 Å². The first-order valence-corrected chi connectivity index (χ1v) is 8.53. The Bertz CT molecular complexity index is 263. The zero-order valence-corrected chi connectivity index (χ0v) is 13.0. The van der Waals surface area contributed by atoms with E-state index >= 15 is 0 Å². The molecule has 0 saturated carbocycles. The van der Waals surface area contributed by atoms with E-state index in [1.165, 1.54) is 30.8 Å². The first-order valence-electron chi connectivity index (χ1n) is 7.38. The topological polar surface area (TPSA) is 35.2 Å². The van der Waals surface area contributed by atoms with Crippen molar-refractivity contribution in [3.05, 3.63) is 0 Å². The molecule has 0 bridgehead atoms. The van der Waals surface area contributed by atoms with Gasteiger partial charge in [0.25, 0.3) is 0 Å². The Morgan fingerprint density at radius 2 is 2.00 bits per heavy atom. The van der Waals surface area contributed by atoms with E-state index in [9.17, 15) is 0 Å². The molecule has 0 amide bonds. The van der Waals surface area contributed by atoms with Crippen LogP contribution in [0.4, 0.5) is 0 Å². The highest BCUT2D eigenvalue weighted by molar-refractivity contribution is 7.99. The molecule has 2 unspecified atom stereocenters. The van der Waals surface area contributed by atoms with Crippen LogP contribution in [0.15, 0.2) is 0 Å². The molecule has 2 heterocycles. The SMILES string of the molecule is CC(C)(C)CC(N)C1CCOC2(CCSCC2)C1. The molecule has 0 aliphatic carbocycles. The molecule has 2 aliphatic heterocycles. The summed E-state index contributed by atoms with van der Waals surface area (Å²) < 4.78 is 6.15. The van der Waals surface area contributed by atoms with Gasteiger partial charge in [0.15, 0.2) is 0 Å². The van der Waals surface area contributed by atoms with Gasteiger partial charge in [-0.25, -0.2) is 0 Å². The summed E-state index contributed by atoms with van der Waals surface area (Å²) in [5.74, 6) is 3.20. The molecule has 2 atom stereocenters. The van der Waals surface area contributed by atoms with Crippen LogP contribution in [0.1, 0.15) is 52.9 Å². The van der Waals surface area contributed by atoms with Crippen LogP contribution in [0.2, 0.25) is 0 Å². The predicted octanol–water partition coefficient (Wildman–Crippen LogP) is 3.44. The van der Waals surface area contributed by atoms with Gasteiger partial charge in [0.1, 0.15) is 0 Å². The molecule has 2 aliphatic rings. The van der Waals surface area contributed by atoms with Crippen molar-refractivity contribution in [1.82, 2.24) is 0 Å². The van der Waals surface area contributed by atoms with Crippen molar-refractivity contribution in [1.29, 1.82) is 0 Å².